The van der Waals surface area contributed by atoms with Gasteiger partial charge in [-0.3, -0.25) is 0 Å². The number of nitrogens with zero attached hydrogens (tertiary/aromatic N) is 1. The number of methoxy groups -OCH3 is 1. The Morgan fingerprint density at radius 2 is 2.05 bits per heavy atom. The number of anilines is 1. The number of benzene rings is 1. The van der Waals surface area contributed by atoms with Crippen LogP contribution >= 0.6 is 11.6 Å². The van der Waals surface area contributed by atoms with Crippen LogP contribution in [0.1, 0.15) is 5.56 Å². The second-order valence-electron chi connectivity index (χ2n) is 4.06. The van der Waals surface area contributed by atoms with E-state index in [0.717, 1.165) is 5.56 Å². The van der Waals surface area contributed by atoms with Crippen LogP contribution in [0.15, 0.2) is 36.4 Å². The molecule has 0 aliphatic heterocycles. The van der Waals surface area contributed by atoms with Crippen LogP contribution in [0, 0.1) is 0 Å². The van der Waals surface area contributed by atoms with Crippen LogP contribution < -0.4 is 14.8 Å². The van der Waals surface area contributed by atoms with Gasteiger partial charge in [-0.25, -0.2) is 4.98 Å². The zero-order valence-corrected chi connectivity index (χ0v) is 11.9. The molecule has 0 fully saturated rings. The van der Waals surface area contributed by atoms with Crippen molar-refractivity contribution < 1.29 is 18.3 Å². The molecule has 112 valence electrons. The number of ether oxygens (including phenoxy) is 2. The van der Waals surface area contributed by atoms with Gasteiger partial charge < -0.3 is 14.8 Å². The van der Waals surface area contributed by atoms with Gasteiger partial charge in [0, 0.05) is 6.54 Å². The first-order chi connectivity index (χ1) is 10.1. The second kappa shape index (κ2) is 7.08. The summed E-state index contributed by atoms with van der Waals surface area (Å²) in [6.45, 7) is -2.52. The molecule has 0 unspecified atom stereocenters. The highest BCUT2D eigenvalue weighted by molar-refractivity contribution is 6.29. The Hall–Kier alpha value is -2.08. The van der Waals surface area contributed by atoms with Crippen LogP contribution in [0.25, 0.3) is 0 Å². The maximum absolute atomic E-state index is 12.3. The van der Waals surface area contributed by atoms with Crippen molar-refractivity contribution in [3.8, 4) is 11.5 Å². The molecule has 21 heavy (non-hydrogen) atoms. The maximum atomic E-state index is 12.3. The van der Waals surface area contributed by atoms with Gasteiger partial charge in [-0.05, 0) is 29.8 Å². The highest BCUT2D eigenvalue weighted by Crippen LogP contribution is 2.29. The minimum Gasteiger partial charge on any atom is -0.493 e. The molecule has 2 rings (SSSR count). The van der Waals surface area contributed by atoms with Crippen LogP contribution in [0.4, 0.5) is 14.6 Å². The highest BCUT2D eigenvalue weighted by Gasteiger charge is 2.11. The number of alkyl halides is 2. The molecule has 0 aliphatic rings. The lowest BCUT2D eigenvalue weighted by Gasteiger charge is -2.12. The molecular formula is C14H13ClF2N2O2. The second-order valence-corrected chi connectivity index (χ2v) is 4.45. The third kappa shape index (κ3) is 4.46. The summed E-state index contributed by atoms with van der Waals surface area (Å²) >= 11 is 5.78. The molecule has 1 heterocycles. The van der Waals surface area contributed by atoms with E-state index in [-0.39, 0.29) is 11.5 Å². The molecule has 7 heteroatoms. The van der Waals surface area contributed by atoms with Gasteiger partial charge in [-0.2, -0.15) is 8.78 Å². The number of nitrogens with one attached hydrogen (secondary N) is 1. The molecule has 1 N–H and O–H groups in total. The summed E-state index contributed by atoms with van der Waals surface area (Å²) in [5.41, 5.74) is 0.744. The molecule has 1 aromatic heterocycles. The van der Waals surface area contributed by atoms with Crippen molar-refractivity contribution >= 4 is 17.4 Å². The summed E-state index contributed by atoms with van der Waals surface area (Å²) in [5.74, 6) is 0.834. The van der Waals surface area contributed by atoms with Gasteiger partial charge >= 0.3 is 6.61 Å². The Morgan fingerprint density at radius 1 is 1.24 bits per heavy atom. The predicted molar refractivity (Wildman–Crippen MR) is 76.2 cm³/mol. The predicted octanol–water partition coefficient (Wildman–Crippen LogP) is 3.96. The Kier molecular flexibility index (Phi) is 5.16. The molecular weight excluding hydrogens is 302 g/mol. The third-order valence-electron chi connectivity index (χ3n) is 2.63. The Balaban J connectivity index is 2.09. The molecule has 0 saturated carbocycles. The third-order valence-corrected chi connectivity index (χ3v) is 2.84. The van der Waals surface area contributed by atoms with Crippen molar-refractivity contribution in [2.45, 2.75) is 13.2 Å². The lowest BCUT2D eigenvalue weighted by atomic mass is 10.2. The Bertz CT molecular complexity index is 611. The van der Waals surface area contributed by atoms with Crippen molar-refractivity contribution in [2.75, 3.05) is 12.4 Å². The standard InChI is InChI=1S/C14H13ClF2N2O2/c1-20-10-6-5-9(7-11(10)21-14(16)17)8-18-13-4-2-3-12(15)19-13/h2-7,14H,8H2,1H3,(H,18,19). The highest BCUT2D eigenvalue weighted by atomic mass is 35.5. The van der Waals surface area contributed by atoms with Crippen molar-refractivity contribution in [1.29, 1.82) is 0 Å². The number of halogens is 3. The molecule has 1 aromatic carbocycles. The average Bonchev–Trinajstić information content (AvgIpc) is 2.45. The van der Waals surface area contributed by atoms with E-state index >= 15 is 0 Å². The normalized spacial score (nSPS) is 10.5. The first kappa shape index (κ1) is 15.3. The lowest BCUT2D eigenvalue weighted by Crippen LogP contribution is -2.06. The minimum absolute atomic E-state index is 0.00847. The number of hydrogen-bond donors (Lipinski definition) is 1. The van der Waals surface area contributed by atoms with Crippen LogP contribution in [-0.2, 0) is 6.54 Å². The van der Waals surface area contributed by atoms with Crippen molar-refractivity contribution in [3.05, 3.63) is 47.1 Å². The van der Waals surface area contributed by atoms with Crippen LogP contribution in [0.5, 0.6) is 11.5 Å². The summed E-state index contributed by atoms with van der Waals surface area (Å²) in [6, 6.07) is 9.98. The van der Waals surface area contributed by atoms with E-state index in [1.54, 1.807) is 30.3 Å². The molecule has 0 bridgehead atoms. The van der Waals surface area contributed by atoms with Crippen molar-refractivity contribution in [3.63, 3.8) is 0 Å². The molecule has 0 spiro atoms. The first-order valence-electron chi connectivity index (χ1n) is 6.06. The zero-order valence-electron chi connectivity index (χ0n) is 11.1. The van der Waals surface area contributed by atoms with Gasteiger partial charge in [0.05, 0.1) is 7.11 Å². The molecule has 0 amide bonds. The van der Waals surface area contributed by atoms with E-state index in [0.29, 0.717) is 17.5 Å². The summed E-state index contributed by atoms with van der Waals surface area (Å²) in [4.78, 5) is 4.07. The summed E-state index contributed by atoms with van der Waals surface area (Å²) < 4.78 is 34.1. The van der Waals surface area contributed by atoms with E-state index in [9.17, 15) is 8.78 Å². The fraction of sp³-hybridized carbons (Fsp3) is 0.214. The van der Waals surface area contributed by atoms with E-state index in [2.05, 4.69) is 15.0 Å². The summed E-state index contributed by atoms with van der Waals surface area (Å²) in [7, 11) is 1.39. The van der Waals surface area contributed by atoms with Gasteiger partial charge in [0.15, 0.2) is 11.5 Å². The topological polar surface area (TPSA) is 43.4 Å². The van der Waals surface area contributed by atoms with Gasteiger partial charge in [0.2, 0.25) is 0 Å². The SMILES string of the molecule is COc1ccc(CNc2cccc(Cl)n2)cc1OC(F)F. The maximum Gasteiger partial charge on any atom is 0.387 e. The molecule has 0 atom stereocenters. The fourth-order valence-corrected chi connectivity index (χ4v) is 1.88. The Labute approximate surface area is 125 Å². The smallest absolute Gasteiger partial charge is 0.387 e. The quantitative estimate of drug-likeness (QED) is 0.820. The van der Waals surface area contributed by atoms with Gasteiger partial charge in [-0.1, -0.05) is 23.7 Å². The average molecular weight is 315 g/mol. The van der Waals surface area contributed by atoms with Crippen LogP contribution in [0.3, 0.4) is 0 Å². The summed E-state index contributed by atoms with van der Waals surface area (Å²) in [5, 5.41) is 3.41. The molecule has 0 radical (unpaired) electrons. The molecule has 0 saturated heterocycles. The van der Waals surface area contributed by atoms with E-state index in [1.807, 2.05) is 0 Å². The van der Waals surface area contributed by atoms with Gasteiger partial charge in [0.1, 0.15) is 11.0 Å². The monoisotopic (exact) mass is 314 g/mol. The van der Waals surface area contributed by atoms with Crippen LogP contribution in [-0.4, -0.2) is 18.7 Å². The zero-order chi connectivity index (χ0) is 15.2. The number of hydrogen-bond acceptors (Lipinski definition) is 4. The lowest BCUT2D eigenvalue weighted by molar-refractivity contribution is -0.0512. The first-order valence-corrected chi connectivity index (χ1v) is 6.44. The van der Waals surface area contributed by atoms with Crippen molar-refractivity contribution in [1.82, 2.24) is 4.98 Å². The van der Waals surface area contributed by atoms with Crippen LogP contribution in [0.2, 0.25) is 5.15 Å². The Morgan fingerprint density at radius 3 is 2.71 bits per heavy atom. The number of pyridine rings is 1. The summed E-state index contributed by atoms with van der Waals surface area (Å²) in [6.07, 6.45) is 0. The minimum atomic E-state index is -2.91. The van der Waals surface area contributed by atoms with E-state index < -0.39 is 6.61 Å². The van der Waals surface area contributed by atoms with Gasteiger partial charge in [0.25, 0.3) is 0 Å². The van der Waals surface area contributed by atoms with Crippen molar-refractivity contribution in [2.24, 2.45) is 0 Å². The van der Waals surface area contributed by atoms with Gasteiger partial charge in [-0.15, -0.1) is 0 Å². The van der Waals surface area contributed by atoms with E-state index in [1.165, 1.54) is 13.2 Å². The largest absolute Gasteiger partial charge is 0.493 e. The van der Waals surface area contributed by atoms with E-state index in [4.69, 9.17) is 16.3 Å². The molecule has 0 aliphatic carbocycles. The number of rotatable bonds is 6. The molecule has 2 aromatic rings. The number of aromatic nitrogens is 1. The molecule has 4 nitrogen and oxygen atoms in total. The fourth-order valence-electron chi connectivity index (χ4n) is 1.72.